The van der Waals surface area contributed by atoms with Gasteiger partial charge in [-0.25, -0.2) is 0 Å². The third-order valence-corrected chi connectivity index (χ3v) is 9.44. The van der Waals surface area contributed by atoms with Crippen molar-refractivity contribution in [1.82, 2.24) is 0 Å². The van der Waals surface area contributed by atoms with Gasteiger partial charge >= 0.3 is 0 Å². The smallest absolute Gasteiger partial charge is 0.00373 e. The van der Waals surface area contributed by atoms with Crippen molar-refractivity contribution in [2.45, 2.75) is 72.6 Å². The second kappa shape index (κ2) is 10.6. The van der Waals surface area contributed by atoms with E-state index < -0.39 is 0 Å². The SMILES string of the molecule is C=CCCC(C(=C)CC=C)C(CC(=S)C(C)C1Cc2ccccc2C1)C1C(CC)C1(C)C. The van der Waals surface area contributed by atoms with E-state index in [1.54, 1.807) is 0 Å². The second-order valence-corrected chi connectivity index (χ2v) is 11.6. The molecular formula is C31H44S. The average Bonchev–Trinajstić information content (AvgIpc) is 3.09. The number of thiocarbonyl (C=S) groups is 1. The molecule has 1 heteroatoms. The monoisotopic (exact) mass is 448 g/mol. The van der Waals surface area contributed by atoms with E-state index in [1.165, 1.54) is 40.8 Å². The van der Waals surface area contributed by atoms with Crippen LogP contribution in [0.3, 0.4) is 0 Å². The highest BCUT2D eigenvalue weighted by Gasteiger charge is 2.60. The molecule has 0 radical (unpaired) electrons. The first-order valence-corrected chi connectivity index (χ1v) is 13.2. The Hall–Kier alpha value is -1.47. The molecule has 0 heterocycles. The fourth-order valence-corrected chi connectivity index (χ4v) is 7.30. The first-order valence-electron chi connectivity index (χ1n) is 12.7. The van der Waals surface area contributed by atoms with Crippen LogP contribution in [0, 0.1) is 40.9 Å². The van der Waals surface area contributed by atoms with Crippen molar-refractivity contribution in [3.8, 4) is 0 Å². The van der Waals surface area contributed by atoms with Gasteiger partial charge in [-0.2, -0.15) is 0 Å². The molecule has 1 saturated carbocycles. The van der Waals surface area contributed by atoms with Crippen LogP contribution in [-0.2, 0) is 12.8 Å². The lowest BCUT2D eigenvalue weighted by atomic mass is 9.73. The van der Waals surface area contributed by atoms with Gasteiger partial charge < -0.3 is 0 Å². The van der Waals surface area contributed by atoms with E-state index in [9.17, 15) is 0 Å². The van der Waals surface area contributed by atoms with Gasteiger partial charge in [0, 0.05) is 0 Å². The minimum Gasteiger partial charge on any atom is -0.103 e. The van der Waals surface area contributed by atoms with E-state index in [0.717, 1.165) is 37.5 Å². The van der Waals surface area contributed by atoms with Gasteiger partial charge in [-0.3, -0.25) is 0 Å². The average molecular weight is 449 g/mol. The van der Waals surface area contributed by atoms with Crippen molar-refractivity contribution in [2.24, 2.45) is 40.9 Å². The maximum Gasteiger partial charge on any atom is -0.00373 e. The fraction of sp³-hybridized carbons (Fsp3) is 0.581. The number of fused-ring (bicyclic) bond motifs is 1. The molecule has 0 saturated heterocycles. The molecule has 2 aliphatic rings. The third-order valence-electron chi connectivity index (χ3n) is 8.90. The summed E-state index contributed by atoms with van der Waals surface area (Å²) in [6, 6.07) is 8.96. The first-order chi connectivity index (χ1) is 15.3. The Morgan fingerprint density at radius 2 is 1.78 bits per heavy atom. The topological polar surface area (TPSA) is 0 Å². The molecule has 1 fully saturated rings. The van der Waals surface area contributed by atoms with Crippen LogP contribution >= 0.6 is 12.2 Å². The summed E-state index contributed by atoms with van der Waals surface area (Å²) in [5, 5.41) is 0. The van der Waals surface area contributed by atoms with E-state index in [0.29, 0.717) is 29.1 Å². The number of rotatable bonds is 13. The van der Waals surface area contributed by atoms with Gasteiger partial charge in [-0.1, -0.05) is 94.9 Å². The highest BCUT2D eigenvalue weighted by atomic mass is 32.1. The first kappa shape index (κ1) is 25.2. The molecule has 2 aliphatic carbocycles. The van der Waals surface area contributed by atoms with E-state index in [-0.39, 0.29) is 0 Å². The van der Waals surface area contributed by atoms with Gasteiger partial charge in [0.1, 0.15) is 0 Å². The molecule has 0 spiro atoms. The van der Waals surface area contributed by atoms with Crippen molar-refractivity contribution in [2.75, 3.05) is 0 Å². The lowest BCUT2D eigenvalue weighted by molar-refractivity contribution is 0.285. The normalized spacial score (nSPS) is 24.2. The summed E-state index contributed by atoms with van der Waals surface area (Å²) in [6.07, 6.45) is 11.8. The Balaban J connectivity index is 1.80. The van der Waals surface area contributed by atoms with Gasteiger partial charge in [0.25, 0.3) is 0 Å². The van der Waals surface area contributed by atoms with Crippen molar-refractivity contribution >= 4 is 17.1 Å². The lowest BCUT2D eigenvalue weighted by Crippen LogP contribution is -2.28. The van der Waals surface area contributed by atoms with Crippen molar-refractivity contribution in [3.05, 3.63) is 72.9 Å². The highest BCUT2D eigenvalue weighted by molar-refractivity contribution is 7.80. The Labute approximate surface area is 203 Å². The van der Waals surface area contributed by atoms with Crippen LogP contribution in [0.2, 0.25) is 0 Å². The molecule has 5 atom stereocenters. The summed E-state index contributed by atoms with van der Waals surface area (Å²) in [4.78, 5) is 1.29. The predicted octanol–water partition coefficient (Wildman–Crippen LogP) is 8.81. The molecule has 1 aromatic rings. The van der Waals surface area contributed by atoms with E-state index in [1.807, 2.05) is 6.08 Å². The van der Waals surface area contributed by atoms with E-state index in [4.69, 9.17) is 12.2 Å². The molecule has 0 aromatic heterocycles. The summed E-state index contributed by atoms with van der Waals surface area (Å²) in [7, 11) is 0. The van der Waals surface area contributed by atoms with Crippen LogP contribution in [0.15, 0.2) is 61.7 Å². The molecule has 174 valence electrons. The van der Waals surface area contributed by atoms with Crippen LogP contribution in [-0.4, -0.2) is 4.86 Å². The molecule has 5 unspecified atom stereocenters. The second-order valence-electron chi connectivity index (χ2n) is 11.0. The maximum absolute atomic E-state index is 6.21. The Kier molecular flexibility index (Phi) is 8.37. The lowest BCUT2D eigenvalue weighted by Gasteiger charge is -2.32. The molecule has 0 N–H and O–H groups in total. The minimum absolute atomic E-state index is 0.406. The maximum atomic E-state index is 6.21. The highest BCUT2D eigenvalue weighted by Crippen LogP contribution is 2.66. The van der Waals surface area contributed by atoms with Crippen molar-refractivity contribution < 1.29 is 0 Å². The van der Waals surface area contributed by atoms with Gasteiger partial charge in [-0.05, 0) is 95.4 Å². The van der Waals surface area contributed by atoms with Gasteiger partial charge in [0.05, 0.1) is 0 Å². The minimum atomic E-state index is 0.406. The fourth-order valence-electron chi connectivity index (χ4n) is 6.92. The van der Waals surface area contributed by atoms with Crippen LogP contribution in [0.5, 0.6) is 0 Å². The van der Waals surface area contributed by atoms with Gasteiger partial charge in [0.2, 0.25) is 0 Å². The zero-order valence-corrected chi connectivity index (χ0v) is 21.7. The third kappa shape index (κ3) is 5.19. The van der Waals surface area contributed by atoms with Crippen molar-refractivity contribution in [1.29, 1.82) is 0 Å². The summed E-state index contributed by atoms with van der Waals surface area (Å²) in [6.45, 7) is 22.2. The summed E-state index contributed by atoms with van der Waals surface area (Å²) in [5.41, 5.74) is 4.80. The van der Waals surface area contributed by atoms with Crippen LogP contribution in [0.4, 0.5) is 0 Å². The predicted molar refractivity (Wildman–Crippen MR) is 145 cm³/mol. The molecule has 0 bridgehead atoms. The van der Waals surface area contributed by atoms with Crippen molar-refractivity contribution in [3.63, 3.8) is 0 Å². The molecule has 3 rings (SSSR count). The van der Waals surface area contributed by atoms with Crippen LogP contribution in [0.25, 0.3) is 0 Å². The van der Waals surface area contributed by atoms with Crippen LogP contribution < -0.4 is 0 Å². The molecule has 1 aromatic carbocycles. The number of benzene rings is 1. The quantitative estimate of drug-likeness (QED) is 0.214. The van der Waals surface area contributed by atoms with E-state index in [2.05, 4.69) is 77.8 Å². The Bertz CT molecular complexity index is 819. The Morgan fingerprint density at radius 1 is 1.16 bits per heavy atom. The molecule has 0 amide bonds. The standard InChI is InChI=1S/C31H44S/c1-8-11-17-26(21(4)14-9-2)27(30-28(10-3)31(30,6)7)20-29(32)22(5)25-18-23-15-12-13-16-24(23)19-25/h8-9,12-13,15-16,22,25-28,30H,1-2,4,10-11,14,17-20H2,3,5-7H3. The molecule has 0 nitrogen and oxygen atoms in total. The number of allylic oxidation sites excluding steroid dienone is 3. The number of hydrogen-bond donors (Lipinski definition) is 0. The summed E-state index contributed by atoms with van der Waals surface area (Å²) in [5.74, 6) is 3.74. The summed E-state index contributed by atoms with van der Waals surface area (Å²) >= 11 is 6.21. The largest absolute Gasteiger partial charge is 0.103 e. The Morgan fingerprint density at radius 3 is 2.28 bits per heavy atom. The van der Waals surface area contributed by atoms with Gasteiger partial charge in [-0.15, -0.1) is 13.2 Å². The molecular weight excluding hydrogens is 404 g/mol. The summed E-state index contributed by atoms with van der Waals surface area (Å²) < 4.78 is 0. The van der Waals surface area contributed by atoms with E-state index >= 15 is 0 Å². The molecule has 0 aliphatic heterocycles. The number of hydrogen-bond acceptors (Lipinski definition) is 1. The van der Waals surface area contributed by atoms with Crippen LogP contribution in [0.1, 0.15) is 70.9 Å². The van der Waals surface area contributed by atoms with Gasteiger partial charge in [0.15, 0.2) is 0 Å². The zero-order chi connectivity index (χ0) is 23.5. The molecule has 32 heavy (non-hydrogen) atoms. The zero-order valence-electron chi connectivity index (χ0n) is 20.9.